The summed E-state index contributed by atoms with van der Waals surface area (Å²) in [4.78, 5) is 11.7. The molecule has 7 heteroatoms. The first kappa shape index (κ1) is 8.82. The quantitative estimate of drug-likeness (QED) is 0.690. The van der Waals surface area contributed by atoms with Gasteiger partial charge in [0.1, 0.15) is 16.2 Å². The molecule has 0 amide bonds. The highest BCUT2D eigenvalue weighted by atomic mass is 32.1. The van der Waals surface area contributed by atoms with E-state index >= 15 is 0 Å². The standard InChI is InChI=1S/C7H8N4O2S/c1-13-7(12)5-2-3-6(14-5)11-9-4-8-10-11/h2-4,10H,1H3,(H,8,9). The van der Waals surface area contributed by atoms with E-state index in [-0.39, 0.29) is 5.97 Å². The summed E-state index contributed by atoms with van der Waals surface area (Å²) in [5.74, 6) is -0.332. The molecule has 14 heavy (non-hydrogen) atoms. The van der Waals surface area contributed by atoms with Gasteiger partial charge in [-0.15, -0.1) is 16.4 Å². The Morgan fingerprint density at radius 1 is 1.64 bits per heavy atom. The molecule has 74 valence electrons. The highest BCUT2D eigenvalue weighted by Crippen LogP contribution is 2.24. The van der Waals surface area contributed by atoms with Crippen molar-refractivity contribution in [3.05, 3.63) is 17.0 Å². The van der Waals surface area contributed by atoms with Crippen LogP contribution in [0.25, 0.3) is 0 Å². The second-order valence-corrected chi connectivity index (χ2v) is 3.51. The number of methoxy groups -OCH3 is 1. The zero-order chi connectivity index (χ0) is 9.97. The molecule has 0 spiro atoms. The summed E-state index contributed by atoms with van der Waals surface area (Å²) in [6, 6.07) is 3.50. The summed E-state index contributed by atoms with van der Waals surface area (Å²) in [5, 5.41) is 6.18. The molecule has 0 bridgehead atoms. The molecule has 0 aromatic carbocycles. The van der Waals surface area contributed by atoms with Crippen LogP contribution in [0.15, 0.2) is 17.2 Å². The number of rotatable bonds is 2. The average molecular weight is 212 g/mol. The van der Waals surface area contributed by atoms with E-state index in [9.17, 15) is 4.79 Å². The maximum absolute atomic E-state index is 11.1. The van der Waals surface area contributed by atoms with E-state index in [4.69, 9.17) is 0 Å². The van der Waals surface area contributed by atoms with Gasteiger partial charge in [-0.3, -0.25) is 5.43 Å². The smallest absolute Gasteiger partial charge is 0.348 e. The monoisotopic (exact) mass is 212 g/mol. The van der Waals surface area contributed by atoms with Gasteiger partial charge >= 0.3 is 5.97 Å². The van der Waals surface area contributed by atoms with E-state index in [1.54, 1.807) is 17.3 Å². The summed E-state index contributed by atoms with van der Waals surface area (Å²) in [5.41, 5.74) is 5.53. The van der Waals surface area contributed by atoms with E-state index < -0.39 is 0 Å². The van der Waals surface area contributed by atoms with Crippen LogP contribution >= 0.6 is 11.3 Å². The van der Waals surface area contributed by atoms with Crippen molar-refractivity contribution >= 4 is 28.6 Å². The molecular formula is C7H8N4O2S. The number of thiophene rings is 1. The minimum absolute atomic E-state index is 0.332. The number of hydrazine groups is 2. The zero-order valence-corrected chi connectivity index (χ0v) is 8.17. The minimum atomic E-state index is -0.332. The van der Waals surface area contributed by atoms with Gasteiger partial charge in [-0.1, -0.05) is 0 Å². The number of carbonyl (C=O) groups is 1. The lowest BCUT2D eigenvalue weighted by Crippen LogP contribution is -2.38. The van der Waals surface area contributed by atoms with E-state index in [0.717, 1.165) is 5.00 Å². The number of esters is 1. The van der Waals surface area contributed by atoms with Gasteiger partial charge in [0, 0.05) is 0 Å². The summed E-state index contributed by atoms with van der Waals surface area (Å²) in [7, 11) is 1.36. The van der Waals surface area contributed by atoms with Crippen molar-refractivity contribution in [3.63, 3.8) is 0 Å². The van der Waals surface area contributed by atoms with Gasteiger partial charge in [0.2, 0.25) is 0 Å². The Kier molecular flexibility index (Phi) is 2.23. The van der Waals surface area contributed by atoms with Crippen molar-refractivity contribution in [1.82, 2.24) is 11.0 Å². The molecule has 0 aliphatic carbocycles. The lowest BCUT2D eigenvalue weighted by molar-refractivity contribution is 0.0606. The highest BCUT2D eigenvalue weighted by molar-refractivity contribution is 7.17. The third-order valence-corrected chi connectivity index (χ3v) is 2.66. The van der Waals surface area contributed by atoms with Crippen LogP contribution in [-0.4, -0.2) is 19.4 Å². The van der Waals surface area contributed by atoms with Crippen molar-refractivity contribution in [2.75, 3.05) is 12.2 Å². The molecule has 0 saturated heterocycles. The number of anilines is 1. The van der Waals surface area contributed by atoms with Crippen LogP contribution in [0.4, 0.5) is 5.00 Å². The van der Waals surface area contributed by atoms with E-state index in [2.05, 4.69) is 20.8 Å². The fraction of sp³-hybridized carbons (Fsp3) is 0.143. The Balaban J connectivity index is 2.13. The van der Waals surface area contributed by atoms with Gasteiger partial charge in [0.15, 0.2) is 0 Å². The Labute approximate surface area is 84.1 Å². The normalized spacial score (nSPS) is 13.6. The molecule has 1 aromatic rings. The molecule has 0 unspecified atom stereocenters. The summed E-state index contributed by atoms with van der Waals surface area (Å²) in [6.07, 6.45) is 1.51. The van der Waals surface area contributed by atoms with Crippen molar-refractivity contribution in [3.8, 4) is 0 Å². The van der Waals surface area contributed by atoms with Crippen LogP contribution in [0.3, 0.4) is 0 Å². The number of ether oxygens (including phenoxy) is 1. The topological polar surface area (TPSA) is 66.0 Å². The van der Waals surface area contributed by atoms with Crippen LogP contribution in [0.5, 0.6) is 0 Å². The van der Waals surface area contributed by atoms with Gasteiger partial charge < -0.3 is 4.74 Å². The summed E-state index contributed by atoms with van der Waals surface area (Å²) in [6.45, 7) is 0. The third kappa shape index (κ3) is 1.49. The number of hydrazone groups is 1. The molecule has 0 radical (unpaired) electrons. The molecule has 1 aromatic heterocycles. The van der Waals surface area contributed by atoms with Crippen molar-refractivity contribution in [1.29, 1.82) is 0 Å². The summed E-state index contributed by atoms with van der Waals surface area (Å²) >= 11 is 1.31. The predicted molar refractivity (Wildman–Crippen MR) is 52.9 cm³/mol. The molecule has 0 fully saturated rings. The molecule has 2 rings (SSSR count). The van der Waals surface area contributed by atoms with Crippen LogP contribution in [0.1, 0.15) is 9.67 Å². The zero-order valence-electron chi connectivity index (χ0n) is 7.35. The van der Waals surface area contributed by atoms with Crippen molar-refractivity contribution in [2.45, 2.75) is 0 Å². The minimum Gasteiger partial charge on any atom is -0.465 e. The number of nitrogens with one attached hydrogen (secondary N) is 2. The Bertz CT molecular complexity index is 368. The summed E-state index contributed by atoms with van der Waals surface area (Å²) < 4.78 is 4.59. The van der Waals surface area contributed by atoms with E-state index in [1.807, 2.05) is 0 Å². The largest absolute Gasteiger partial charge is 0.465 e. The molecule has 6 nitrogen and oxygen atoms in total. The molecule has 0 saturated carbocycles. The third-order valence-electron chi connectivity index (χ3n) is 1.61. The molecule has 2 N–H and O–H groups in total. The maximum atomic E-state index is 11.1. The fourth-order valence-electron chi connectivity index (χ4n) is 0.973. The Hall–Kier alpha value is -1.76. The Morgan fingerprint density at radius 3 is 3.14 bits per heavy atom. The van der Waals surface area contributed by atoms with Crippen LogP contribution in [0, 0.1) is 0 Å². The number of hydrogen-bond acceptors (Lipinski definition) is 7. The average Bonchev–Trinajstić information content (AvgIpc) is 2.86. The van der Waals surface area contributed by atoms with Crippen LogP contribution in [-0.2, 0) is 4.74 Å². The first-order valence-corrected chi connectivity index (χ1v) is 4.64. The van der Waals surface area contributed by atoms with E-state index in [0.29, 0.717) is 4.88 Å². The lowest BCUT2D eigenvalue weighted by Gasteiger charge is -2.13. The SMILES string of the molecule is COC(=O)c1ccc(N2NC=NN2)s1. The molecule has 2 heterocycles. The van der Waals surface area contributed by atoms with Crippen LogP contribution < -0.4 is 16.1 Å². The number of nitrogens with zero attached hydrogens (tertiary/aromatic N) is 2. The Morgan fingerprint density at radius 2 is 2.50 bits per heavy atom. The molecule has 0 atom stereocenters. The molecule has 1 aliphatic heterocycles. The van der Waals surface area contributed by atoms with Gasteiger partial charge in [-0.05, 0) is 12.1 Å². The van der Waals surface area contributed by atoms with Gasteiger partial charge in [-0.25, -0.2) is 4.79 Å². The van der Waals surface area contributed by atoms with Gasteiger partial charge in [0.05, 0.1) is 7.11 Å². The number of carbonyl (C=O) groups excluding carboxylic acids is 1. The predicted octanol–water partition coefficient (Wildman–Crippen LogP) is 0.307. The second kappa shape index (κ2) is 3.54. The van der Waals surface area contributed by atoms with Gasteiger partial charge in [-0.2, -0.15) is 10.7 Å². The van der Waals surface area contributed by atoms with Gasteiger partial charge in [0.25, 0.3) is 0 Å². The van der Waals surface area contributed by atoms with E-state index in [1.165, 1.54) is 24.8 Å². The first-order valence-electron chi connectivity index (χ1n) is 3.83. The van der Waals surface area contributed by atoms with Crippen LogP contribution in [0.2, 0.25) is 0 Å². The fourth-order valence-corrected chi connectivity index (χ4v) is 1.82. The maximum Gasteiger partial charge on any atom is 0.348 e. The number of hydrogen-bond donors (Lipinski definition) is 2. The second-order valence-electron chi connectivity index (χ2n) is 2.45. The van der Waals surface area contributed by atoms with Crippen molar-refractivity contribution in [2.24, 2.45) is 5.10 Å². The molecule has 1 aliphatic rings. The molecular weight excluding hydrogens is 204 g/mol. The van der Waals surface area contributed by atoms with Crippen molar-refractivity contribution < 1.29 is 9.53 Å². The first-order chi connectivity index (χ1) is 6.81. The lowest BCUT2D eigenvalue weighted by atomic mass is 10.5. The highest BCUT2D eigenvalue weighted by Gasteiger charge is 2.14.